The maximum atomic E-state index is 11.3. The molecule has 1 aliphatic heterocycles. The van der Waals surface area contributed by atoms with E-state index in [9.17, 15) is 9.90 Å². The van der Waals surface area contributed by atoms with E-state index in [1.807, 2.05) is 27.7 Å². The van der Waals surface area contributed by atoms with Crippen LogP contribution in [0, 0.1) is 0 Å². The molecule has 1 heterocycles. The van der Waals surface area contributed by atoms with Crippen molar-refractivity contribution >= 4 is 30.2 Å². The molecule has 0 bridgehead atoms. The van der Waals surface area contributed by atoms with Crippen molar-refractivity contribution in [3.05, 3.63) is 28.8 Å². The molecule has 0 saturated carbocycles. The summed E-state index contributed by atoms with van der Waals surface area (Å²) in [5, 5.41) is 9.45. The van der Waals surface area contributed by atoms with Crippen molar-refractivity contribution in [2.45, 2.75) is 38.9 Å². The first-order valence-corrected chi connectivity index (χ1v) is 6.41. The summed E-state index contributed by atoms with van der Waals surface area (Å²) in [6.07, 6.45) is 0. The number of hydrogen-bond acceptors (Lipinski definition) is 3. The zero-order valence-electron chi connectivity index (χ0n) is 11.4. The van der Waals surface area contributed by atoms with Crippen molar-refractivity contribution < 1.29 is 19.2 Å². The Morgan fingerprint density at radius 3 is 2.21 bits per heavy atom. The second-order valence-electron chi connectivity index (χ2n) is 5.60. The van der Waals surface area contributed by atoms with Gasteiger partial charge in [-0.2, -0.15) is 0 Å². The third kappa shape index (κ3) is 2.38. The Morgan fingerprint density at radius 1 is 1.21 bits per heavy atom. The first-order chi connectivity index (χ1) is 8.66. The molecule has 0 atom stereocenters. The standard InChI is InChI=1S/C13H16BClO4/c1-12(2)13(3,4)19-14(18-12)8-6-5-7-9(15)10(8)11(16)17/h5-7H,1-4H3,(H,16,17). The third-order valence-electron chi connectivity index (χ3n) is 3.77. The molecule has 0 aromatic heterocycles. The summed E-state index contributed by atoms with van der Waals surface area (Å²) in [5.74, 6) is -1.09. The fraction of sp³-hybridized carbons (Fsp3) is 0.462. The van der Waals surface area contributed by atoms with Crippen LogP contribution < -0.4 is 5.46 Å². The average Bonchev–Trinajstić information content (AvgIpc) is 2.47. The highest BCUT2D eigenvalue weighted by Crippen LogP contribution is 2.37. The lowest BCUT2D eigenvalue weighted by molar-refractivity contribution is 0.00578. The molecule has 1 N–H and O–H groups in total. The number of halogens is 1. The second kappa shape index (κ2) is 4.51. The predicted octanol–water partition coefficient (Wildman–Crippen LogP) is 2.34. The van der Waals surface area contributed by atoms with E-state index in [1.54, 1.807) is 18.2 Å². The molecule has 1 aromatic carbocycles. The van der Waals surface area contributed by atoms with Crippen LogP contribution in [0.4, 0.5) is 0 Å². The normalized spacial score (nSPS) is 20.6. The number of aromatic carboxylic acids is 1. The van der Waals surface area contributed by atoms with Gasteiger partial charge < -0.3 is 14.4 Å². The van der Waals surface area contributed by atoms with Crippen molar-refractivity contribution in [1.29, 1.82) is 0 Å². The Labute approximate surface area is 117 Å². The quantitative estimate of drug-likeness (QED) is 0.846. The molecule has 0 amide bonds. The smallest absolute Gasteiger partial charge is 0.478 e. The van der Waals surface area contributed by atoms with Crippen LogP contribution in [-0.4, -0.2) is 29.4 Å². The van der Waals surface area contributed by atoms with Gasteiger partial charge in [0.1, 0.15) is 0 Å². The van der Waals surface area contributed by atoms with E-state index in [-0.39, 0.29) is 10.6 Å². The molecule has 6 heteroatoms. The number of benzene rings is 1. The number of carboxylic acids is 1. The Morgan fingerprint density at radius 2 is 1.74 bits per heavy atom. The van der Waals surface area contributed by atoms with Crippen LogP contribution in [0.1, 0.15) is 38.1 Å². The maximum Gasteiger partial charge on any atom is 0.495 e. The Bertz CT molecular complexity index is 511. The SMILES string of the molecule is CC1(C)OB(c2cccc(Cl)c2C(=O)O)OC1(C)C. The zero-order chi connectivity index (χ0) is 14.4. The largest absolute Gasteiger partial charge is 0.495 e. The Balaban J connectivity index is 2.46. The highest BCUT2D eigenvalue weighted by atomic mass is 35.5. The topological polar surface area (TPSA) is 55.8 Å². The van der Waals surface area contributed by atoms with Gasteiger partial charge in [-0.1, -0.05) is 23.7 Å². The Kier molecular flexibility index (Phi) is 3.41. The van der Waals surface area contributed by atoms with Crippen molar-refractivity contribution in [3.63, 3.8) is 0 Å². The highest BCUT2D eigenvalue weighted by molar-refractivity contribution is 6.64. The predicted molar refractivity (Wildman–Crippen MR) is 74.1 cm³/mol. The molecule has 1 aliphatic rings. The van der Waals surface area contributed by atoms with Crippen LogP contribution >= 0.6 is 11.6 Å². The first kappa shape index (κ1) is 14.4. The average molecular weight is 283 g/mol. The lowest BCUT2D eigenvalue weighted by Crippen LogP contribution is -2.41. The van der Waals surface area contributed by atoms with E-state index in [1.165, 1.54) is 0 Å². The maximum absolute atomic E-state index is 11.3. The summed E-state index contributed by atoms with van der Waals surface area (Å²) in [5.41, 5.74) is -0.563. The van der Waals surface area contributed by atoms with Crippen molar-refractivity contribution in [2.75, 3.05) is 0 Å². The molecule has 1 fully saturated rings. The molecule has 0 aliphatic carbocycles. The number of hydrogen-bond donors (Lipinski definition) is 1. The lowest BCUT2D eigenvalue weighted by atomic mass is 9.76. The number of rotatable bonds is 2. The Hall–Kier alpha value is -1.04. The number of carboxylic acid groups (broad SMARTS) is 1. The molecule has 0 spiro atoms. The van der Waals surface area contributed by atoms with Crippen LogP contribution in [0.3, 0.4) is 0 Å². The van der Waals surface area contributed by atoms with E-state index < -0.39 is 24.3 Å². The van der Waals surface area contributed by atoms with Gasteiger partial charge in [0.05, 0.1) is 21.8 Å². The van der Waals surface area contributed by atoms with Crippen LogP contribution in [0.5, 0.6) is 0 Å². The van der Waals surface area contributed by atoms with E-state index >= 15 is 0 Å². The summed E-state index contributed by atoms with van der Waals surface area (Å²) in [6, 6.07) is 4.90. The minimum absolute atomic E-state index is 0.0302. The van der Waals surface area contributed by atoms with Gasteiger partial charge in [0, 0.05) is 0 Å². The fourth-order valence-corrected chi connectivity index (χ4v) is 2.20. The molecule has 1 saturated heterocycles. The van der Waals surface area contributed by atoms with Gasteiger partial charge in [-0.25, -0.2) is 4.79 Å². The molecular weight excluding hydrogens is 266 g/mol. The van der Waals surface area contributed by atoms with Crippen molar-refractivity contribution in [2.24, 2.45) is 0 Å². The van der Waals surface area contributed by atoms with Crippen molar-refractivity contribution in [1.82, 2.24) is 0 Å². The van der Waals surface area contributed by atoms with Crippen LogP contribution in [0.25, 0.3) is 0 Å². The molecule has 0 unspecified atom stereocenters. The lowest BCUT2D eigenvalue weighted by Gasteiger charge is -2.32. The second-order valence-corrected chi connectivity index (χ2v) is 6.00. The van der Waals surface area contributed by atoms with Crippen LogP contribution in [0.2, 0.25) is 5.02 Å². The molecule has 1 aromatic rings. The van der Waals surface area contributed by atoms with E-state index in [0.29, 0.717) is 5.46 Å². The molecular formula is C13H16BClO4. The summed E-state index contributed by atoms with van der Waals surface area (Å²) < 4.78 is 11.7. The molecule has 0 radical (unpaired) electrons. The summed E-state index contributed by atoms with van der Waals surface area (Å²) in [6.45, 7) is 7.66. The summed E-state index contributed by atoms with van der Waals surface area (Å²) >= 11 is 5.95. The molecule has 2 rings (SSSR count). The van der Waals surface area contributed by atoms with Crippen LogP contribution in [0.15, 0.2) is 18.2 Å². The van der Waals surface area contributed by atoms with Gasteiger partial charge in [-0.05, 0) is 39.2 Å². The van der Waals surface area contributed by atoms with Gasteiger partial charge >= 0.3 is 13.1 Å². The van der Waals surface area contributed by atoms with Gasteiger partial charge in [-0.15, -0.1) is 0 Å². The highest BCUT2D eigenvalue weighted by Gasteiger charge is 2.52. The van der Waals surface area contributed by atoms with Gasteiger partial charge in [-0.3, -0.25) is 0 Å². The van der Waals surface area contributed by atoms with Gasteiger partial charge in [0.15, 0.2) is 0 Å². The number of carbonyl (C=O) groups is 1. The van der Waals surface area contributed by atoms with Gasteiger partial charge in [0.2, 0.25) is 0 Å². The van der Waals surface area contributed by atoms with E-state index in [4.69, 9.17) is 20.9 Å². The fourth-order valence-electron chi connectivity index (χ4n) is 1.93. The molecule has 19 heavy (non-hydrogen) atoms. The monoisotopic (exact) mass is 282 g/mol. The van der Waals surface area contributed by atoms with E-state index in [2.05, 4.69) is 0 Å². The first-order valence-electron chi connectivity index (χ1n) is 6.03. The molecule has 102 valence electrons. The minimum Gasteiger partial charge on any atom is -0.478 e. The zero-order valence-corrected chi connectivity index (χ0v) is 12.1. The summed E-state index contributed by atoms with van der Waals surface area (Å²) in [4.78, 5) is 11.3. The van der Waals surface area contributed by atoms with Crippen molar-refractivity contribution in [3.8, 4) is 0 Å². The minimum atomic E-state index is -1.09. The van der Waals surface area contributed by atoms with E-state index in [0.717, 1.165) is 0 Å². The van der Waals surface area contributed by atoms with Gasteiger partial charge in [0.25, 0.3) is 0 Å². The van der Waals surface area contributed by atoms with Crippen LogP contribution in [-0.2, 0) is 9.31 Å². The summed E-state index contributed by atoms with van der Waals surface area (Å²) in [7, 11) is -0.727. The third-order valence-corrected chi connectivity index (χ3v) is 4.08. The molecule has 4 nitrogen and oxygen atoms in total.